The molecule has 0 spiro atoms. The van der Waals surface area contributed by atoms with Crippen LogP contribution in [0.5, 0.6) is 0 Å². The molecule has 1 aliphatic carbocycles. The molecule has 0 aromatic heterocycles. The van der Waals surface area contributed by atoms with Gasteiger partial charge in [0.05, 0.1) is 11.6 Å². The van der Waals surface area contributed by atoms with Gasteiger partial charge in [-0.15, -0.1) is 0 Å². The Labute approximate surface area is 117 Å². The van der Waals surface area contributed by atoms with Crippen molar-refractivity contribution >= 4 is 0 Å². The summed E-state index contributed by atoms with van der Waals surface area (Å²) in [7, 11) is 0. The molecule has 0 radical (unpaired) electrons. The molecule has 1 aliphatic rings. The lowest BCUT2D eigenvalue weighted by Crippen LogP contribution is -2.19. The Hall–Kier alpha value is -2.18. The van der Waals surface area contributed by atoms with E-state index in [4.69, 9.17) is 5.26 Å². The van der Waals surface area contributed by atoms with Crippen LogP contribution in [0.25, 0.3) is 0 Å². The van der Waals surface area contributed by atoms with E-state index in [0.29, 0.717) is 17.7 Å². The van der Waals surface area contributed by atoms with Gasteiger partial charge in [-0.25, -0.2) is 4.39 Å². The third kappa shape index (κ3) is 2.43. The first-order valence-electron chi connectivity index (χ1n) is 6.77. The molecule has 0 amide bonds. The zero-order chi connectivity index (χ0) is 13.9. The molecule has 0 heterocycles. The van der Waals surface area contributed by atoms with Crippen LogP contribution in [0.2, 0.25) is 0 Å². The molecule has 100 valence electrons. The first-order chi connectivity index (χ1) is 9.78. The van der Waals surface area contributed by atoms with Crippen LogP contribution in [0.4, 0.5) is 4.39 Å². The van der Waals surface area contributed by atoms with Crippen molar-refractivity contribution in [1.82, 2.24) is 5.32 Å². The van der Waals surface area contributed by atoms with E-state index in [1.54, 1.807) is 6.07 Å². The molecule has 1 unspecified atom stereocenters. The number of nitriles is 1. The number of rotatable bonds is 3. The minimum atomic E-state index is -0.261. The van der Waals surface area contributed by atoms with Crippen molar-refractivity contribution in [2.24, 2.45) is 0 Å². The van der Waals surface area contributed by atoms with Gasteiger partial charge in [0.15, 0.2) is 0 Å². The SMILES string of the molecule is N#Cc1ccc(F)c(CNC2CCc3ccccc32)c1. The summed E-state index contributed by atoms with van der Waals surface area (Å²) in [5.74, 6) is -0.261. The van der Waals surface area contributed by atoms with E-state index in [1.807, 2.05) is 12.1 Å². The molecule has 2 aromatic rings. The van der Waals surface area contributed by atoms with Crippen molar-refractivity contribution in [3.63, 3.8) is 0 Å². The highest BCUT2D eigenvalue weighted by Gasteiger charge is 2.21. The second-order valence-electron chi connectivity index (χ2n) is 5.09. The first-order valence-corrected chi connectivity index (χ1v) is 6.77. The predicted octanol–water partition coefficient (Wildman–Crippen LogP) is 3.47. The molecule has 0 bridgehead atoms. The second kappa shape index (κ2) is 5.44. The summed E-state index contributed by atoms with van der Waals surface area (Å²) in [6, 6.07) is 15.2. The van der Waals surface area contributed by atoms with Crippen molar-refractivity contribution in [3.05, 3.63) is 70.5 Å². The van der Waals surface area contributed by atoms with Crippen LogP contribution in [0, 0.1) is 17.1 Å². The molecule has 0 aliphatic heterocycles. The van der Waals surface area contributed by atoms with Crippen LogP contribution < -0.4 is 5.32 Å². The maximum Gasteiger partial charge on any atom is 0.127 e. The summed E-state index contributed by atoms with van der Waals surface area (Å²) < 4.78 is 13.7. The van der Waals surface area contributed by atoms with Crippen molar-refractivity contribution in [2.45, 2.75) is 25.4 Å². The Morgan fingerprint density at radius 3 is 2.95 bits per heavy atom. The number of fused-ring (bicyclic) bond motifs is 1. The third-order valence-corrected chi connectivity index (χ3v) is 3.85. The molecule has 0 saturated carbocycles. The van der Waals surface area contributed by atoms with Gasteiger partial charge in [0.25, 0.3) is 0 Å². The Kier molecular flexibility index (Phi) is 3.49. The van der Waals surface area contributed by atoms with Gasteiger partial charge in [0.1, 0.15) is 5.82 Å². The number of nitrogens with zero attached hydrogens (tertiary/aromatic N) is 1. The highest BCUT2D eigenvalue weighted by Crippen LogP contribution is 2.31. The molecular formula is C17H15FN2. The average Bonchev–Trinajstić information content (AvgIpc) is 2.90. The summed E-state index contributed by atoms with van der Waals surface area (Å²) >= 11 is 0. The fraction of sp³-hybridized carbons (Fsp3) is 0.235. The number of halogens is 1. The van der Waals surface area contributed by atoms with E-state index in [0.717, 1.165) is 12.8 Å². The maximum absolute atomic E-state index is 13.7. The Morgan fingerprint density at radius 1 is 1.25 bits per heavy atom. The van der Waals surface area contributed by atoms with Crippen LogP contribution >= 0.6 is 0 Å². The van der Waals surface area contributed by atoms with Crippen molar-refractivity contribution in [3.8, 4) is 6.07 Å². The van der Waals surface area contributed by atoms with Crippen LogP contribution in [-0.4, -0.2) is 0 Å². The van der Waals surface area contributed by atoms with Gasteiger partial charge in [0, 0.05) is 18.2 Å². The average molecular weight is 266 g/mol. The molecule has 20 heavy (non-hydrogen) atoms. The Morgan fingerprint density at radius 2 is 2.10 bits per heavy atom. The quantitative estimate of drug-likeness (QED) is 0.923. The Bertz CT molecular complexity index is 673. The molecule has 0 saturated heterocycles. The fourth-order valence-electron chi connectivity index (χ4n) is 2.78. The molecule has 1 atom stereocenters. The monoisotopic (exact) mass is 266 g/mol. The number of hydrogen-bond donors (Lipinski definition) is 1. The van der Waals surface area contributed by atoms with Gasteiger partial charge in [0.2, 0.25) is 0 Å². The smallest absolute Gasteiger partial charge is 0.127 e. The number of nitrogens with one attached hydrogen (secondary N) is 1. The molecular weight excluding hydrogens is 251 g/mol. The fourth-order valence-corrected chi connectivity index (χ4v) is 2.78. The highest BCUT2D eigenvalue weighted by atomic mass is 19.1. The Balaban J connectivity index is 1.74. The molecule has 2 nitrogen and oxygen atoms in total. The van der Waals surface area contributed by atoms with Crippen molar-refractivity contribution < 1.29 is 4.39 Å². The summed E-state index contributed by atoms with van der Waals surface area (Å²) in [6.07, 6.45) is 2.10. The number of hydrogen-bond acceptors (Lipinski definition) is 2. The minimum absolute atomic E-state index is 0.261. The predicted molar refractivity (Wildman–Crippen MR) is 75.5 cm³/mol. The zero-order valence-corrected chi connectivity index (χ0v) is 11.1. The first kappa shape index (κ1) is 12.8. The van der Waals surface area contributed by atoms with Crippen LogP contribution in [0.1, 0.15) is 34.7 Å². The number of benzene rings is 2. The van der Waals surface area contributed by atoms with E-state index < -0.39 is 0 Å². The van der Waals surface area contributed by atoms with Gasteiger partial charge in [-0.2, -0.15) is 5.26 Å². The van der Waals surface area contributed by atoms with E-state index in [-0.39, 0.29) is 11.9 Å². The van der Waals surface area contributed by atoms with Crippen LogP contribution in [0.15, 0.2) is 42.5 Å². The largest absolute Gasteiger partial charge is 0.306 e. The third-order valence-electron chi connectivity index (χ3n) is 3.85. The van der Waals surface area contributed by atoms with Crippen LogP contribution in [-0.2, 0) is 13.0 Å². The summed E-state index contributed by atoms with van der Waals surface area (Å²) in [5.41, 5.74) is 3.73. The minimum Gasteiger partial charge on any atom is -0.306 e. The topological polar surface area (TPSA) is 35.8 Å². The van der Waals surface area contributed by atoms with Crippen LogP contribution in [0.3, 0.4) is 0 Å². The normalized spacial score (nSPS) is 16.7. The van der Waals surface area contributed by atoms with E-state index in [9.17, 15) is 4.39 Å². The number of aryl methyl sites for hydroxylation is 1. The van der Waals surface area contributed by atoms with E-state index in [1.165, 1.54) is 23.3 Å². The zero-order valence-electron chi connectivity index (χ0n) is 11.1. The van der Waals surface area contributed by atoms with Gasteiger partial charge in [-0.3, -0.25) is 0 Å². The highest BCUT2D eigenvalue weighted by molar-refractivity contribution is 5.36. The maximum atomic E-state index is 13.7. The molecule has 2 aromatic carbocycles. The lowest BCUT2D eigenvalue weighted by molar-refractivity contribution is 0.513. The second-order valence-corrected chi connectivity index (χ2v) is 5.09. The summed E-state index contributed by atoms with van der Waals surface area (Å²) in [5, 5.41) is 12.3. The van der Waals surface area contributed by atoms with Crippen molar-refractivity contribution in [1.29, 1.82) is 5.26 Å². The molecule has 0 fully saturated rings. The van der Waals surface area contributed by atoms with Gasteiger partial charge in [-0.05, 0) is 42.2 Å². The van der Waals surface area contributed by atoms with Gasteiger partial charge < -0.3 is 5.32 Å². The summed E-state index contributed by atoms with van der Waals surface area (Å²) in [6.45, 7) is 0.445. The van der Waals surface area contributed by atoms with Gasteiger partial charge in [-0.1, -0.05) is 24.3 Å². The molecule has 1 N–H and O–H groups in total. The molecule has 3 rings (SSSR count). The lowest BCUT2D eigenvalue weighted by Gasteiger charge is -2.14. The van der Waals surface area contributed by atoms with Gasteiger partial charge >= 0.3 is 0 Å². The molecule has 3 heteroatoms. The van der Waals surface area contributed by atoms with Crippen molar-refractivity contribution in [2.75, 3.05) is 0 Å². The summed E-state index contributed by atoms with van der Waals surface area (Å²) in [4.78, 5) is 0. The standard InChI is InChI=1S/C17H15FN2/c18-16-7-5-12(10-19)9-14(16)11-20-17-8-6-13-3-1-2-4-15(13)17/h1-5,7,9,17,20H,6,8,11H2. The van der Waals surface area contributed by atoms with E-state index >= 15 is 0 Å². The lowest BCUT2D eigenvalue weighted by atomic mass is 10.1. The van der Waals surface area contributed by atoms with E-state index in [2.05, 4.69) is 23.5 Å².